The highest BCUT2D eigenvalue weighted by atomic mass is 79.9. The summed E-state index contributed by atoms with van der Waals surface area (Å²) < 4.78 is 0. The third kappa shape index (κ3) is 4.27. The minimum absolute atomic E-state index is 0.621. The van der Waals surface area contributed by atoms with E-state index in [2.05, 4.69) is 35.8 Å². The zero-order valence-electron chi connectivity index (χ0n) is 9.64. The number of benzene rings is 1. The fraction of sp³-hybridized carbons (Fsp3) is 0.538. The van der Waals surface area contributed by atoms with E-state index in [1.165, 1.54) is 6.42 Å². The second-order valence-electron chi connectivity index (χ2n) is 4.57. The van der Waals surface area contributed by atoms with Crippen molar-refractivity contribution in [3.05, 3.63) is 33.8 Å². The average molecular weight is 324 g/mol. The van der Waals surface area contributed by atoms with Gasteiger partial charge in [-0.25, -0.2) is 0 Å². The van der Waals surface area contributed by atoms with Crippen LogP contribution in [0.25, 0.3) is 0 Å². The molecular weight excluding hydrogens is 307 g/mol. The number of hydrogen-bond acceptors (Lipinski definition) is 0. The summed E-state index contributed by atoms with van der Waals surface area (Å²) in [6.07, 6.45) is 2.19. The smallest absolute Gasteiger partial charge is 0.0624 e. The Labute approximate surface area is 116 Å². The summed E-state index contributed by atoms with van der Waals surface area (Å²) in [4.78, 5) is 0. The zero-order chi connectivity index (χ0) is 12.1. The van der Waals surface area contributed by atoms with Gasteiger partial charge in [-0.3, -0.25) is 0 Å². The molecule has 0 radical (unpaired) electrons. The maximum atomic E-state index is 6.18. The third-order valence-corrected chi connectivity index (χ3v) is 4.34. The van der Waals surface area contributed by atoms with Crippen LogP contribution in [-0.4, -0.2) is 5.33 Å². The first-order chi connectivity index (χ1) is 7.54. The molecule has 0 nitrogen and oxygen atoms in total. The highest BCUT2D eigenvalue weighted by molar-refractivity contribution is 9.09. The number of rotatable bonds is 5. The molecule has 3 heteroatoms. The van der Waals surface area contributed by atoms with Crippen molar-refractivity contribution < 1.29 is 0 Å². The van der Waals surface area contributed by atoms with Crippen LogP contribution < -0.4 is 0 Å². The van der Waals surface area contributed by atoms with Gasteiger partial charge in [-0.2, -0.15) is 0 Å². The van der Waals surface area contributed by atoms with Crippen LogP contribution in [0.4, 0.5) is 0 Å². The molecule has 1 unspecified atom stereocenters. The molecule has 0 amide bonds. The summed E-state index contributed by atoms with van der Waals surface area (Å²) in [7, 11) is 0. The van der Waals surface area contributed by atoms with Gasteiger partial charge >= 0.3 is 0 Å². The molecule has 0 spiro atoms. The lowest BCUT2D eigenvalue weighted by atomic mass is 9.92. The fourth-order valence-corrected chi connectivity index (χ4v) is 2.78. The van der Waals surface area contributed by atoms with Gasteiger partial charge in [0.15, 0.2) is 0 Å². The van der Waals surface area contributed by atoms with Crippen LogP contribution in [-0.2, 0) is 6.42 Å². The highest BCUT2D eigenvalue weighted by Gasteiger charge is 2.13. The molecule has 1 aromatic rings. The van der Waals surface area contributed by atoms with Gasteiger partial charge in [-0.05, 0) is 36.3 Å². The van der Waals surface area contributed by atoms with Gasteiger partial charge in [-0.1, -0.05) is 65.1 Å². The van der Waals surface area contributed by atoms with Crippen molar-refractivity contribution in [1.29, 1.82) is 0 Å². The quantitative estimate of drug-likeness (QED) is 0.619. The predicted octanol–water partition coefficient (Wildman–Crippen LogP) is 5.59. The molecule has 1 atom stereocenters. The molecule has 16 heavy (non-hydrogen) atoms. The van der Waals surface area contributed by atoms with E-state index in [0.717, 1.165) is 17.3 Å². The largest absolute Gasteiger partial charge is 0.0925 e. The van der Waals surface area contributed by atoms with Gasteiger partial charge in [0.2, 0.25) is 0 Å². The van der Waals surface area contributed by atoms with E-state index >= 15 is 0 Å². The molecule has 90 valence electrons. The lowest BCUT2D eigenvalue weighted by Crippen LogP contribution is -2.10. The summed E-state index contributed by atoms with van der Waals surface area (Å²) >= 11 is 15.8. The van der Waals surface area contributed by atoms with Crippen LogP contribution in [0.2, 0.25) is 10.0 Å². The SMILES string of the molecule is CC(C)CC(CBr)Cc1cccc(Cl)c1Cl. The van der Waals surface area contributed by atoms with E-state index in [-0.39, 0.29) is 0 Å². The van der Waals surface area contributed by atoms with Crippen LogP contribution >= 0.6 is 39.1 Å². The Morgan fingerprint density at radius 2 is 1.94 bits per heavy atom. The van der Waals surface area contributed by atoms with Gasteiger partial charge in [-0.15, -0.1) is 0 Å². The molecule has 0 bridgehead atoms. The second kappa shape index (κ2) is 6.88. The standard InChI is InChI=1S/C13H17BrCl2/c1-9(2)6-10(8-14)7-11-4-3-5-12(15)13(11)16/h3-5,9-10H,6-8H2,1-2H3. The van der Waals surface area contributed by atoms with E-state index in [0.29, 0.717) is 21.9 Å². The van der Waals surface area contributed by atoms with E-state index in [1.54, 1.807) is 0 Å². The Balaban J connectivity index is 2.74. The summed E-state index contributed by atoms with van der Waals surface area (Å²) in [6.45, 7) is 4.49. The average Bonchev–Trinajstić information content (AvgIpc) is 2.23. The lowest BCUT2D eigenvalue weighted by Gasteiger charge is -2.17. The first-order valence-electron chi connectivity index (χ1n) is 5.53. The lowest BCUT2D eigenvalue weighted by molar-refractivity contribution is 0.445. The Morgan fingerprint density at radius 1 is 1.25 bits per heavy atom. The maximum absolute atomic E-state index is 6.18. The van der Waals surface area contributed by atoms with E-state index in [1.807, 2.05) is 12.1 Å². The summed E-state index contributed by atoms with van der Waals surface area (Å²) in [6, 6.07) is 5.85. The third-order valence-electron chi connectivity index (χ3n) is 2.56. The molecule has 1 rings (SSSR count). The number of alkyl halides is 1. The van der Waals surface area contributed by atoms with Crippen LogP contribution in [0.15, 0.2) is 18.2 Å². The molecule has 0 aromatic heterocycles. The van der Waals surface area contributed by atoms with Crippen LogP contribution in [0.1, 0.15) is 25.8 Å². The normalized spacial score (nSPS) is 13.1. The monoisotopic (exact) mass is 322 g/mol. The van der Waals surface area contributed by atoms with Crippen molar-refractivity contribution >= 4 is 39.1 Å². The van der Waals surface area contributed by atoms with Gasteiger partial charge in [0.1, 0.15) is 0 Å². The number of hydrogen-bond donors (Lipinski definition) is 0. The molecule has 0 fully saturated rings. The number of halogens is 3. The van der Waals surface area contributed by atoms with Crippen molar-refractivity contribution in [2.24, 2.45) is 11.8 Å². The van der Waals surface area contributed by atoms with Gasteiger partial charge in [0.25, 0.3) is 0 Å². The molecular formula is C13H17BrCl2. The predicted molar refractivity (Wildman–Crippen MR) is 76.9 cm³/mol. The fourth-order valence-electron chi connectivity index (χ4n) is 1.88. The van der Waals surface area contributed by atoms with Crippen LogP contribution in [0.3, 0.4) is 0 Å². The molecule has 0 aliphatic rings. The molecule has 0 heterocycles. The molecule has 0 N–H and O–H groups in total. The molecule has 1 aromatic carbocycles. The Kier molecular flexibility index (Phi) is 6.17. The molecule has 0 aliphatic heterocycles. The van der Waals surface area contributed by atoms with Gasteiger partial charge in [0.05, 0.1) is 10.0 Å². The molecule has 0 saturated carbocycles. The van der Waals surface area contributed by atoms with Gasteiger partial charge in [0, 0.05) is 5.33 Å². The Bertz CT molecular complexity index is 337. The van der Waals surface area contributed by atoms with Crippen molar-refractivity contribution in [2.75, 3.05) is 5.33 Å². The van der Waals surface area contributed by atoms with Crippen molar-refractivity contribution in [2.45, 2.75) is 26.7 Å². The topological polar surface area (TPSA) is 0 Å². The van der Waals surface area contributed by atoms with E-state index in [9.17, 15) is 0 Å². The molecule has 0 aliphatic carbocycles. The van der Waals surface area contributed by atoms with E-state index < -0.39 is 0 Å². The van der Waals surface area contributed by atoms with Crippen molar-refractivity contribution in [3.63, 3.8) is 0 Å². The summed E-state index contributed by atoms with van der Waals surface area (Å²) in [5.41, 5.74) is 1.15. The Morgan fingerprint density at radius 3 is 2.50 bits per heavy atom. The maximum Gasteiger partial charge on any atom is 0.0624 e. The van der Waals surface area contributed by atoms with Gasteiger partial charge < -0.3 is 0 Å². The van der Waals surface area contributed by atoms with E-state index in [4.69, 9.17) is 23.2 Å². The second-order valence-corrected chi connectivity index (χ2v) is 6.00. The first kappa shape index (κ1) is 14.3. The summed E-state index contributed by atoms with van der Waals surface area (Å²) in [5, 5.41) is 2.37. The minimum atomic E-state index is 0.621. The Hall–Kier alpha value is 0.280. The van der Waals surface area contributed by atoms with Crippen LogP contribution in [0, 0.1) is 11.8 Å². The van der Waals surface area contributed by atoms with Crippen molar-refractivity contribution in [3.8, 4) is 0 Å². The summed E-state index contributed by atoms with van der Waals surface area (Å²) in [5.74, 6) is 1.33. The first-order valence-corrected chi connectivity index (χ1v) is 7.41. The van der Waals surface area contributed by atoms with Crippen molar-refractivity contribution in [1.82, 2.24) is 0 Å². The minimum Gasteiger partial charge on any atom is -0.0925 e. The molecule has 0 saturated heterocycles. The van der Waals surface area contributed by atoms with Crippen LogP contribution in [0.5, 0.6) is 0 Å². The zero-order valence-corrected chi connectivity index (χ0v) is 12.7. The highest BCUT2D eigenvalue weighted by Crippen LogP contribution is 2.29.